The lowest BCUT2D eigenvalue weighted by Crippen LogP contribution is -2.59. The molecule has 176 valence electrons. The van der Waals surface area contributed by atoms with Crippen LogP contribution in [-0.4, -0.2) is 52.1 Å². The number of aromatic nitrogens is 1. The van der Waals surface area contributed by atoms with Crippen molar-refractivity contribution in [1.82, 2.24) is 20.9 Å². The van der Waals surface area contributed by atoms with Crippen molar-refractivity contribution in [2.75, 3.05) is 5.75 Å². The van der Waals surface area contributed by atoms with Crippen LogP contribution in [0.3, 0.4) is 0 Å². The van der Waals surface area contributed by atoms with E-state index in [0.29, 0.717) is 17.2 Å². The third-order valence-electron chi connectivity index (χ3n) is 4.72. The fourth-order valence-electron chi connectivity index (χ4n) is 2.84. The van der Waals surface area contributed by atoms with Crippen LogP contribution in [0.4, 0.5) is 0 Å². The van der Waals surface area contributed by atoms with E-state index in [1.54, 1.807) is 45.2 Å². The molecule has 1 aromatic rings. The monoisotopic (exact) mass is 482 g/mol. The van der Waals surface area contributed by atoms with E-state index in [4.69, 9.17) is 4.74 Å². The summed E-state index contributed by atoms with van der Waals surface area (Å²) in [6.45, 7) is 6.76. The average Bonchev–Trinajstić information content (AvgIpc) is 3.18. The number of cyclic esters (lactones) is 1. The van der Waals surface area contributed by atoms with Gasteiger partial charge in [-0.15, -0.1) is 11.3 Å². The highest BCUT2D eigenvalue weighted by atomic mass is 32.1. The van der Waals surface area contributed by atoms with Gasteiger partial charge in [-0.3, -0.25) is 14.4 Å². The molecule has 2 unspecified atom stereocenters. The van der Waals surface area contributed by atoms with Crippen molar-refractivity contribution in [1.29, 1.82) is 0 Å². The summed E-state index contributed by atoms with van der Waals surface area (Å²) >= 11 is 5.38. The van der Waals surface area contributed by atoms with Crippen LogP contribution in [0.15, 0.2) is 17.5 Å². The molecule has 0 radical (unpaired) electrons. The number of fused-ring (bicyclic) bond motifs is 2. The van der Waals surface area contributed by atoms with Gasteiger partial charge in [0.25, 0.3) is 5.91 Å². The topological polar surface area (TPSA) is 126 Å². The highest BCUT2D eigenvalue weighted by Crippen LogP contribution is 2.15. The first-order chi connectivity index (χ1) is 15.0. The van der Waals surface area contributed by atoms with Crippen molar-refractivity contribution >= 4 is 47.7 Å². The summed E-state index contributed by atoms with van der Waals surface area (Å²) in [4.78, 5) is 55.0. The molecule has 2 atom stereocenters. The Kier molecular flexibility index (Phi) is 9.26. The maximum Gasteiger partial charge on any atom is 0.329 e. The maximum absolute atomic E-state index is 12.9. The Balaban J connectivity index is 2.36. The van der Waals surface area contributed by atoms with Gasteiger partial charge < -0.3 is 20.7 Å². The summed E-state index contributed by atoms with van der Waals surface area (Å²) in [5.74, 6) is -1.72. The second-order valence-electron chi connectivity index (χ2n) is 8.30. The predicted octanol–water partition coefficient (Wildman–Crippen LogP) is 1.60. The molecule has 32 heavy (non-hydrogen) atoms. The summed E-state index contributed by atoms with van der Waals surface area (Å²) in [7, 11) is 0. The number of hydrogen-bond acceptors (Lipinski definition) is 8. The summed E-state index contributed by atoms with van der Waals surface area (Å²) in [6, 6.07) is -0.957. The third kappa shape index (κ3) is 7.33. The quantitative estimate of drug-likeness (QED) is 0.293. The minimum absolute atomic E-state index is 0.0855. The molecular formula is C21H30N4O5S2. The van der Waals surface area contributed by atoms with Crippen LogP contribution < -0.4 is 16.0 Å². The van der Waals surface area contributed by atoms with Gasteiger partial charge in [0.05, 0.1) is 13.0 Å². The van der Waals surface area contributed by atoms with Crippen molar-refractivity contribution in [3.05, 3.63) is 28.2 Å². The van der Waals surface area contributed by atoms with Gasteiger partial charge in [0, 0.05) is 5.38 Å². The lowest BCUT2D eigenvalue weighted by atomic mass is 9.99. The van der Waals surface area contributed by atoms with Gasteiger partial charge in [-0.2, -0.15) is 12.6 Å². The summed E-state index contributed by atoms with van der Waals surface area (Å²) < 4.78 is 5.58. The largest absolute Gasteiger partial charge is 0.456 e. The normalized spacial score (nSPS) is 22.9. The molecule has 11 heteroatoms. The third-order valence-corrected chi connectivity index (χ3v) is 5.83. The molecule has 1 aliphatic rings. The zero-order valence-corrected chi connectivity index (χ0v) is 20.3. The van der Waals surface area contributed by atoms with E-state index in [2.05, 4.69) is 33.6 Å². The highest BCUT2D eigenvalue weighted by molar-refractivity contribution is 7.80. The lowest BCUT2D eigenvalue weighted by Gasteiger charge is -2.29. The number of nitrogens with zero attached hydrogens (tertiary/aromatic N) is 1. The van der Waals surface area contributed by atoms with Crippen molar-refractivity contribution in [3.8, 4) is 0 Å². The molecule has 0 fully saturated rings. The van der Waals surface area contributed by atoms with E-state index in [0.717, 1.165) is 0 Å². The molecule has 3 amide bonds. The Morgan fingerprint density at radius 2 is 2.03 bits per heavy atom. The maximum atomic E-state index is 12.9. The first-order valence-electron chi connectivity index (χ1n) is 10.4. The van der Waals surface area contributed by atoms with Crippen LogP contribution in [0.25, 0.3) is 0 Å². The van der Waals surface area contributed by atoms with Gasteiger partial charge in [-0.25, -0.2) is 9.78 Å². The van der Waals surface area contributed by atoms with Gasteiger partial charge in [-0.05, 0) is 38.0 Å². The van der Waals surface area contributed by atoms with Gasteiger partial charge >= 0.3 is 5.97 Å². The number of amides is 3. The Bertz CT molecular complexity index is 881. The fraction of sp³-hybridized carbons (Fsp3) is 0.571. The molecule has 0 saturated carbocycles. The minimum Gasteiger partial charge on any atom is -0.456 e. The van der Waals surface area contributed by atoms with E-state index in [9.17, 15) is 19.2 Å². The molecule has 2 rings (SSSR count). The SMILES string of the molecule is CC(C)C1NC(=O)C(C)(C)NC(=O)c2csc(n2)CNC(=O)CC(/C=C/CCS)OC1=O. The van der Waals surface area contributed by atoms with Crippen LogP contribution >= 0.6 is 24.0 Å². The van der Waals surface area contributed by atoms with Crippen molar-refractivity contribution in [3.63, 3.8) is 0 Å². The van der Waals surface area contributed by atoms with Gasteiger partial charge in [0.2, 0.25) is 11.8 Å². The number of thiazole rings is 1. The average molecular weight is 483 g/mol. The van der Waals surface area contributed by atoms with E-state index in [-0.39, 0.29) is 30.5 Å². The van der Waals surface area contributed by atoms with E-state index < -0.39 is 35.5 Å². The molecule has 0 aliphatic carbocycles. The van der Waals surface area contributed by atoms with Crippen LogP contribution in [0.2, 0.25) is 0 Å². The first kappa shape index (κ1) is 25.9. The molecule has 0 saturated heterocycles. The van der Waals surface area contributed by atoms with Gasteiger partial charge in [-0.1, -0.05) is 19.9 Å². The number of nitrogens with one attached hydrogen (secondary N) is 3. The van der Waals surface area contributed by atoms with E-state index in [1.807, 2.05) is 0 Å². The van der Waals surface area contributed by atoms with Crippen LogP contribution in [0.5, 0.6) is 0 Å². The highest BCUT2D eigenvalue weighted by Gasteiger charge is 2.36. The predicted molar refractivity (Wildman–Crippen MR) is 124 cm³/mol. The molecule has 2 bridgehead atoms. The molecule has 1 aromatic heterocycles. The number of ether oxygens (including phenoxy) is 1. The zero-order valence-electron chi connectivity index (χ0n) is 18.6. The Hall–Kier alpha value is -2.40. The number of hydrogen-bond donors (Lipinski definition) is 4. The van der Waals surface area contributed by atoms with Crippen molar-refractivity contribution in [2.24, 2.45) is 5.92 Å². The summed E-state index contributed by atoms with van der Waals surface area (Å²) in [6.07, 6.45) is 3.22. The second kappa shape index (κ2) is 11.5. The van der Waals surface area contributed by atoms with Crippen LogP contribution in [0.1, 0.15) is 56.0 Å². The fourth-order valence-corrected chi connectivity index (χ4v) is 3.71. The molecule has 9 nitrogen and oxygen atoms in total. The van der Waals surface area contributed by atoms with E-state index >= 15 is 0 Å². The molecule has 0 spiro atoms. The molecule has 3 N–H and O–H groups in total. The number of carbonyl (C=O) groups is 4. The van der Waals surface area contributed by atoms with E-state index in [1.165, 1.54) is 11.3 Å². The molecule has 0 aromatic carbocycles. The Labute approximate surface area is 197 Å². The van der Waals surface area contributed by atoms with Crippen molar-refractivity contribution < 1.29 is 23.9 Å². The molecular weight excluding hydrogens is 452 g/mol. The number of allylic oxidation sites excluding steroid dienone is 1. The standard InChI is InChI=1S/C21H30N4O5S2/c1-12(2)17-19(28)30-13(7-5-6-8-31)9-15(26)22-10-16-23-14(11-32-16)18(27)25-21(3,4)20(29)24-17/h5,7,11-13,17,31H,6,8-10H2,1-4H3,(H,22,26)(H,24,29)(H,25,27)/b7-5+. The first-order valence-corrected chi connectivity index (χ1v) is 11.9. The number of esters is 1. The second-order valence-corrected chi connectivity index (χ2v) is 9.69. The lowest BCUT2D eigenvalue weighted by molar-refractivity contribution is -0.153. The number of rotatable bonds is 4. The smallest absolute Gasteiger partial charge is 0.329 e. The van der Waals surface area contributed by atoms with Crippen molar-refractivity contribution in [2.45, 2.75) is 64.8 Å². The zero-order chi connectivity index (χ0) is 23.9. The Morgan fingerprint density at radius 1 is 1.31 bits per heavy atom. The Morgan fingerprint density at radius 3 is 2.69 bits per heavy atom. The minimum atomic E-state index is -1.30. The molecule has 1 aliphatic heterocycles. The van der Waals surface area contributed by atoms with Gasteiger partial charge in [0.15, 0.2) is 0 Å². The number of carbonyl (C=O) groups excluding carboxylic acids is 4. The summed E-state index contributed by atoms with van der Waals surface area (Å²) in [5, 5.41) is 10.2. The molecule has 2 heterocycles. The summed E-state index contributed by atoms with van der Waals surface area (Å²) in [5.41, 5.74) is -1.15. The van der Waals surface area contributed by atoms with Gasteiger partial charge in [0.1, 0.15) is 28.4 Å². The van der Waals surface area contributed by atoms with Crippen LogP contribution in [-0.2, 0) is 25.7 Å². The van der Waals surface area contributed by atoms with Crippen LogP contribution in [0, 0.1) is 5.92 Å². The number of thiol groups is 1.